The van der Waals surface area contributed by atoms with Crippen LogP contribution in [0.15, 0.2) is 72.8 Å². The van der Waals surface area contributed by atoms with Crippen LogP contribution in [0.2, 0.25) is 0 Å². The molecule has 5 aromatic carbocycles. The zero-order chi connectivity index (χ0) is 29.6. The molecule has 0 atom stereocenters. The van der Waals surface area contributed by atoms with Gasteiger partial charge in [0.2, 0.25) is 0 Å². The molecule has 0 amide bonds. The number of hydrogen-bond donors (Lipinski definition) is 4. The van der Waals surface area contributed by atoms with Crippen molar-refractivity contribution in [2.45, 2.75) is 78.1 Å². The van der Waals surface area contributed by atoms with Crippen molar-refractivity contribution >= 4 is 21.5 Å². The quantitative estimate of drug-likeness (QED) is 0.0900. The van der Waals surface area contributed by atoms with E-state index in [-0.39, 0.29) is 23.0 Å². The van der Waals surface area contributed by atoms with Crippen molar-refractivity contribution in [1.82, 2.24) is 0 Å². The number of benzene rings is 5. The molecule has 0 fully saturated rings. The minimum absolute atomic E-state index is 0.0344. The lowest BCUT2D eigenvalue weighted by Crippen LogP contribution is -1.89. The number of unbranched alkanes of at least 4 members (excludes halogenated alkanes) is 6. The van der Waals surface area contributed by atoms with Crippen molar-refractivity contribution in [2.24, 2.45) is 0 Å². The lowest BCUT2D eigenvalue weighted by atomic mass is 9.93. The van der Waals surface area contributed by atoms with Crippen LogP contribution in [0.25, 0.3) is 43.8 Å². The van der Waals surface area contributed by atoms with Gasteiger partial charge in [-0.25, -0.2) is 0 Å². The Labute approximate surface area is 248 Å². The number of aryl methyl sites for hydroxylation is 2. The summed E-state index contributed by atoms with van der Waals surface area (Å²) in [6.45, 7) is 4.42. The summed E-state index contributed by atoms with van der Waals surface area (Å²) in [4.78, 5) is 0. The summed E-state index contributed by atoms with van der Waals surface area (Å²) < 4.78 is 0. The molecule has 0 aliphatic carbocycles. The van der Waals surface area contributed by atoms with Crippen LogP contribution in [0, 0.1) is 0 Å². The Bertz CT molecular complexity index is 1570. The molecule has 4 N–H and O–H groups in total. The third kappa shape index (κ3) is 6.49. The molecule has 0 aliphatic rings. The zero-order valence-corrected chi connectivity index (χ0v) is 24.8. The summed E-state index contributed by atoms with van der Waals surface area (Å²) in [6, 6.07) is 22.6. The molecule has 4 nitrogen and oxygen atoms in total. The highest BCUT2D eigenvalue weighted by Crippen LogP contribution is 2.46. The third-order valence-electron chi connectivity index (χ3n) is 8.37. The Kier molecular flexibility index (Phi) is 9.22. The van der Waals surface area contributed by atoms with Gasteiger partial charge < -0.3 is 20.4 Å². The van der Waals surface area contributed by atoms with E-state index in [0.29, 0.717) is 22.3 Å². The minimum Gasteiger partial charge on any atom is -0.507 e. The molecule has 5 aromatic rings. The van der Waals surface area contributed by atoms with Gasteiger partial charge in [-0.3, -0.25) is 0 Å². The van der Waals surface area contributed by atoms with Crippen LogP contribution >= 0.6 is 0 Å². The van der Waals surface area contributed by atoms with E-state index in [4.69, 9.17) is 0 Å². The number of rotatable bonds is 12. The number of hydrogen-bond acceptors (Lipinski definition) is 4. The van der Waals surface area contributed by atoms with Gasteiger partial charge in [-0.15, -0.1) is 0 Å². The smallest absolute Gasteiger partial charge is 0.124 e. The third-order valence-corrected chi connectivity index (χ3v) is 8.37. The molecular formula is C38H42O4. The Balaban J connectivity index is 1.43. The standard InChI is InChI=1S/C38H42O4/c1-3-5-7-9-11-25-13-15-27-19-31(35(39)21-29(27)17-25)33-23-38(42)34(24-37(33)41)32-20-28-16-14-26(12-10-8-6-4-2)18-30(28)22-36(32)40/h13-24,39-42H,3-12H2,1-2H3. The Morgan fingerprint density at radius 1 is 0.381 bits per heavy atom. The molecule has 0 bridgehead atoms. The predicted octanol–water partition coefficient (Wildman–Crippen LogP) is 10.4. The van der Waals surface area contributed by atoms with Crippen LogP contribution in [0.3, 0.4) is 0 Å². The Hall–Kier alpha value is -4.18. The van der Waals surface area contributed by atoms with Gasteiger partial charge in [0.1, 0.15) is 23.0 Å². The van der Waals surface area contributed by atoms with Crippen LogP contribution in [-0.4, -0.2) is 20.4 Å². The van der Waals surface area contributed by atoms with Crippen LogP contribution in [0.4, 0.5) is 0 Å². The topological polar surface area (TPSA) is 80.9 Å². The van der Waals surface area contributed by atoms with Crippen molar-refractivity contribution in [3.05, 3.63) is 83.9 Å². The summed E-state index contributed by atoms with van der Waals surface area (Å²) in [5.41, 5.74) is 4.01. The lowest BCUT2D eigenvalue weighted by molar-refractivity contribution is 0.458. The summed E-state index contributed by atoms with van der Waals surface area (Å²) in [7, 11) is 0. The first-order valence-electron chi connectivity index (χ1n) is 15.5. The molecule has 42 heavy (non-hydrogen) atoms. The maximum Gasteiger partial charge on any atom is 0.124 e. The van der Waals surface area contributed by atoms with Gasteiger partial charge in [0.25, 0.3) is 0 Å². The fourth-order valence-corrected chi connectivity index (χ4v) is 5.93. The van der Waals surface area contributed by atoms with Crippen molar-refractivity contribution < 1.29 is 20.4 Å². The second kappa shape index (κ2) is 13.2. The van der Waals surface area contributed by atoms with Crippen molar-refractivity contribution in [3.8, 4) is 45.3 Å². The molecule has 0 spiro atoms. The second-order valence-corrected chi connectivity index (χ2v) is 11.6. The Morgan fingerprint density at radius 3 is 1.17 bits per heavy atom. The number of fused-ring (bicyclic) bond motifs is 2. The maximum absolute atomic E-state index is 11.1. The monoisotopic (exact) mass is 562 g/mol. The minimum atomic E-state index is -0.0908. The average Bonchev–Trinajstić information content (AvgIpc) is 2.98. The summed E-state index contributed by atoms with van der Waals surface area (Å²) in [5, 5.41) is 47.8. The largest absolute Gasteiger partial charge is 0.507 e. The Morgan fingerprint density at radius 2 is 0.762 bits per heavy atom. The molecule has 0 radical (unpaired) electrons. The first kappa shape index (κ1) is 29.3. The van der Waals surface area contributed by atoms with E-state index >= 15 is 0 Å². The van der Waals surface area contributed by atoms with E-state index in [1.807, 2.05) is 24.3 Å². The van der Waals surface area contributed by atoms with E-state index < -0.39 is 0 Å². The molecule has 0 saturated heterocycles. The first-order chi connectivity index (χ1) is 20.4. The molecule has 0 saturated carbocycles. The summed E-state index contributed by atoms with van der Waals surface area (Å²) in [6.07, 6.45) is 11.7. The van der Waals surface area contributed by atoms with Gasteiger partial charge in [0, 0.05) is 22.3 Å². The summed E-state index contributed by atoms with van der Waals surface area (Å²) >= 11 is 0. The first-order valence-corrected chi connectivity index (χ1v) is 15.5. The highest BCUT2D eigenvalue weighted by molar-refractivity contribution is 5.95. The van der Waals surface area contributed by atoms with E-state index in [2.05, 4.69) is 38.1 Å². The van der Waals surface area contributed by atoms with Gasteiger partial charge in [-0.1, -0.05) is 88.8 Å². The van der Waals surface area contributed by atoms with E-state index in [1.54, 1.807) is 12.1 Å². The molecule has 5 rings (SSSR count). The molecule has 0 heterocycles. The fourth-order valence-electron chi connectivity index (χ4n) is 5.93. The number of aromatic hydroxyl groups is 4. The van der Waals surface area contributed by atoms with Crippen LogP contribution in [0.5, 0.6) is 23.0 Å². The fraction of sp³-hybridized carbons (Fsp3) is 0.316. The predicted molar refractivity (Wildman–Crippen MR) is 175 cm³/mol. The molecule has 0 aromatic heterocycles. The highest BCUT2D eigenvalue weighted by atomic mass is 16.3. The van der Waals surface area contributed by atoms with Crippen LogP contribution in [0.1, 0.15) is 76.3 Å². The normalized spacial score (nSPS) is 11.5. The van der Waals surface area contributed by atoms with Crippen LogP contribution in [-0.2, 0) is 12.8 Å². The van der Waals surface area contributed by atoms with Gasteiger partial charge in [0.15, 0.2) is 0 Å². The van der Waals surface area contributed by atoms with Crippen molar-refractivity contribution in [3.63, 3.8) is 0 Å². The van der Waals surface area contributed by atoms with Crippen LogP contribution < -0.4 is 0 Å². The van der Waals surface area contributed by atoms with Crippen molar-refractivity contribution in [2.75, 3.05) is 0 Å². The summed E-state index contributed by atoms with van der Waals surface area (Å²) in [5.74, 6) is -0.113. The van der Waals surface area contributed by atoms with Crippen molar-refractivity contribution in [1.29, 1.82) is 0 Å². The van der Waals surface area contributed by atoms with E-state index in [1.165, 1.54) is 61.8 Å². The van der Waals surface area contributed by atoms with Gasteiger partial charge >= 0.3 is 0 Å². The highest BCUT2D eigenvalue weighted by Gasteiger charge is 2.18. The second-order valence-electron chi connectivity index (χ2n) is 11.6. The molecule has 4 heteroatoms. The average molecular weight is 563 g/mol. The molecular weight excluding hydrogens is 520 g/mol. The maximum atomic E-state index is 11.1. The zero-order valence-electron chi connectivity index (χ0n) is 24.8. The number of phenolic OH excluding ortho intramolecular Hbond substituents is 4. The van der Waals surface area contributed by atoms with Gasteiger partial charge in [-0.05, 0) is 94.8 Å². The van der Waals surface area contributed by atoms with E-state index in [9.17, 15) is 20.4 Å². The molecule has 0 aliphatic heterocycles. The molecule has 218 valence electrons. The molecule has 0 unspecified atom stereocenters. The SMILES string of the molecule is CCCCCCc1ccc2cc(-c3cc(O)c(-c4cc5ccc(CCCCCC)cc5cc4O)cc3O)c(O)cc2c1. The number of phenols is 4. The van der Waals surface area contributed by atoms with Gasteiger partial charge in [-0.2, -0.15) is 0 Å². The van der Waals surface area contributed by atoms with E-state index in [0.717, 1.165) is 47.2 Å². The lowest BCUT2D eigenvalue weighted by Gasteiger charge is -2.15. The van der Waals surface area contributed by atoms with Gasteiger partial charge in [0.05, 0.1) is 0 Å².